The van der Waals surface area contributed by atoms with Crippen molar-refractivity contribution in [2.24, 2.45) is 5.92 Å². The summed E-state index contributed by atoms with van der Waals surface area (Å²) < 4.78 is 5.18. The molecule has 0 bridgehead atoms. The SMILES string of the molecule is CC(CO)CCCNCc1ccco1. The molecule has 0 aliphatic carbocycles. The van der Waals surface area contributed by atoms with E-state index in [1.165, 1.54) is 0 Å². The van der Waals surface area contributed by atoms with Crippen molar-refractivity contribution in [3.05, 3.63) is 24.2 Å². The summed E-state index contributed by atoms with van der Waals surface area (Å²) in [5.74, 6) is 1.39. The molecule has 2 N–H and O–H groups in total. The Kier molecular flexibility index (Phi) is 5.33. The van der Waals surface area contributed by atoms with Gasteiger partial charge in [0.1, 0.15) is 5.76 Å². The van der Waals surface area contributed by atoms with E-state index >= 15 is 0 Å². The Hall–Kier alpha value is -0.800. The summed E-state index contributed by atoms with van der Waals surface area (Å²) in [5.41, 5.74) is 0. The van der Waals surface area contributed by atoms with E-state index in [2.05, 4.69) is 12.2 Å². The highest BCUT2D eigenvalue weighted by molar-refractivity contribution is 4.97. The molecule has 1 rings (SSSR count). The van der Waals surface area contributed by atoms with Crippen molar-refractivity contribution in [2.45, 2.75) is 26.3 Å². The maximum Gasteiger partial charge on any atom is 0.117 e. The molecular formula is C11H19NO2. The van der Waals surface area contributed by atoms with Gasteiger partial charge < -0.3 is 14.8 Å². The van der Waals surface area contributed by atoms with Crippen LogP contribution in [0.5, 0.6) is 0 Å². The molecule has 0 fully saturated rings. The molecule has 3 heteroatoms. The average Bonchev–Trinajstić information content (AvgIpc) is 2.69. The zero-order valence-corrected chi connectivity index (χ0v) is 8.70. The number of aliphatic hydroxyl groups is 1. The first-order chi connectivity index (χ1) is 6.83. The van der Waals surface area contributed by atoms with Gasteiger partial charge in [0.15, 0.2) is 0 Å². The third kappa shape index (κ3) is 4.44. The lowest BCUT2D eigenvalue weighted by Gasteiger charge is -2.07. The fourth-order valence-corrected chi connectivity index (χ4v) is 1.29. The molecule has 0 radical (unpaired) electrons. The van der Waals surface area contributed by atoms with E-state index in [0.717, 1.165) is 31.7 Å². The molecule has 0 amide bonds. The van der Waals surface area contributed by atoms with E-state index in [-0.39, 0.29) is 6.61 Å². The minimum absolute atomic E-state index is 0.290. The largest absolute Gasteiger partial charge is 0.468 e. The van der Waals surface area contributed by atoms with Gasteiger partial charge in [0.05, 0.1) is 12.8 Å². The van der Waals surface area contributed by atoms with Crippen LogP contribution in [0.3, 0.4) is 0 Å². The first kappa shape index (κ1) is 11.3. The van der Waals surface area contributed by atoms with Crippen LogP contribution >= 0.6 is 0 Å². The second-order valence-electron chi connectivity index (χ2n) is 3.69. The number of aliphatic hydroxyl groups excluding tert-OH is 1. The normalized spacial score (nSPS) is 13.0. The number of rotatable bonds is 7. The van der Waals surface area contributed by atoms with Crippen LogP contribution in [-0.2, 0) is 6.54 Å². The third-order valence-electron chi connectivity index (χ3n) is 2.24. The van der Waals surface area contributed by atoms with Gasteiger partial charge in [0, 0.05) is 6.61 Å². The Labute approximate surface area is 85.1 Å². The van der Waals surface area contributed by atoms with Crippen molar-refractivity contribution >= 4 is 0 Å². The molecule has 0 saturated carbocycles. The van der Waals surface area contributed by atoms with Crippen LogP contribution in [0.2, 0.25) is 0 Å². The van der Waals surface area contributed by atoms with Crippen LogP contribution in [-0.4, -0.2) is 18.3 Å². The molecule has 0 saturated heterocycles. The van der Waals surface area contributed by atoms with Crippen molar-refractivity contribution in [1.29, 1.82) is 0 Å². The topological polar surface area (TPSA) is 45.4 Å². The summed E-state index contributed by atoms with van der Waals surface area (Å²) in [7, 11) is 0. The van der Waals surface area contributed by atoms with Crippen LogP contribution < -0.4 is 5.32 Å². The van der Waals surface area contributed by atoms with Crippen molar-refractivity contribution in [2.75, 3.05) is 13.2 Å². The average molecular weight is 197 g/mol. The van der Waals surface area contributed by atoms with Gasteiger partial charge >= 0.3 is 0 Å². The van der Waals surface area contributed by atoms with Crippen molar-refractivity contribution < 1.29 is 9.52 Å². The van der Waals surface area contributed by atoms with Gasteiger partial charge in [-0.05, 0) is 37.4 Å². The highest BCUT2D eigenvalue weighted by Crippen LogP contribution is 2.03. The summed E-state index contributed by atoms with van der Waals surface area (Å²) >= 11 is 0. The van der Waals surface area contributed by atoms with E-state index < -0.39 is 0 Å². The predicted molar refractivity (Wildman–Crippen MR) is 55.9 cm³/mol. The van der Waals surface area contributed by atoms with Crippen molar-refractivity contribution in [1.82, 2.24) is 5.32 Å². The zero-order chi connectivity index (χ0) is 10.2. The van der Waals surface area contributed by atoms with E-state index in [0.29, 0.717) is 5.92 Å². The molecule has 1 aromatic rings. The van der Waals surface area contributed by atoms with E-state index in [4.69, 9.17) is 9.52 Å². The van der Waals surface area contributed by atoms with E-state index in [1.54, 1.807) is 6.26 Å². The monoisotopic (exact) mass is 197 g/mol. The summed E-state index contributed by atoms with van der Waals surface area (Å²) in [4.78, 5) is 0. The number of nitrogens with one attached hydrogen (secondary N) is 1. The van der Waals surface area contributed by atoms with Gasteiger partial charge in [-0.1, -0.05) is 6.92 Å². The molecular weight excluding hydrogens is 178 g/mol. The van der Waals surface area contributed by atoms with Crippen LogP contribution in [0.25, 0.3) is 0 Å². The number of hydrogen-bond acceptors (Lipinski definition) is 3. The fourth-order valence-electron chi connectivity index (χ4n) is 1.29. The zero-order valence-electron chi connectivity index (χ0n) is 8.70. The Morgan fingerprint density at radius 2 is 2.43 bits per heavy atom. The van der Waals surface area contributed by atoms with E-state index in [1.807, 2.05) is 12.1 Å². The van der Waals surface area contributed by atoms with Gasteiger partial charge in [0.2, 0.25) is 0 Å². The molecule has 1 aromatic heterocycles. The first-order valence-electron chi connectivity index (χ1n) is 5.17. The molecule has 3 nitrogen and oxygen atoms in total. The fraction of sp³-hybridized carbons (Fsp3) is 0.636. The summed E-state index contributed by atoms with van der Waals surface area (Å²) in [6.07, 6.45) is 3.86. The summed E-state index contributed by atoms with van der Waals surface area (Å²) in [5, 5.41) is 12.1. The minimum atomic E-state index is 0.290. The molecule has 14 heavy (non-hydrogen) atoms. The van der Waals surface area contributed by atoms with Crippen LogP contribution in [0, 0.1) is 5.92 Å². The summed E-state index contributed by atoms with van der Waals surface area (Å²) in [6.45, 7) is 4.12. The summed E-state index contributed by atoms with van der Waals surface area (Å²) in [6, 6.07) is 3.86. The lowest BCUT2D eigenvalue weighted by atomic mass is 10.1. The van der Waals surface area contributed by atoms with Gasteiger partial charge in [-0.3, -0.25) is 0 Å². The van der Waals surface area contributed by atoms with Crippen molar-refractivity contribution in [3.63, 3.8) is 0 Å². The molecule has 80 valence electrons. The predicted octanol–water partition coefficient (Wildman–Crippen LogP) is 1.78. The molecule has 0 aliphatic heterocycles. The number of hydrogen-bond donors (Lipinski definition) is 2. The molecule has 1 atom stereocenters. The van der Waals surface area contributed by atoms with Crippen LogP contribution in [0.15, 0.2) is 22.8 Å². The standard InChI is InChI=1S/C11H19NO2/c1-10(9-13)4-2-6-12-8-11-5-3-7-14-11/h3,5,7,10,12-13H,2,4,6,8-9H2,1H3. The molecule has 0 spiro atoms. The minimum Gasteiger partial charge on any atom is -0.468 e. The lowest BCUT2D eigenvalue weighted by Crippen LogP contribution is -2.15. The Morgan fingerprint density at radius 3 is 3.07 bits per heavy atom. The van der Waals surface area contributed by atoms with Gasteiger partial charge in [-0.25, -0.2) is 0 Å². The first-order valence-corrected chi connectivity index (χ1v) is 5.17. The highest BCUT2D eigenvalue weighted by Gasteiger charge is 1.99. The maximum absolute atomic E-state index is 8.81. The Morgan fingerprint density at radius 1 is 1.57 bits per heavy atom. The second-order valence-corrected chi connectivity index (χ2v) is 3.69. The van der Waals surface area contributed by atoms with Crippen LogP contribution in [0.1, 0.15) is 25.5 Å². The highest BCUT2D eigenvalue weighted by atomic mass is 16.3. The van der Waals surface area contributed by atoms with Crippen molar-refractivity contribution in [3.8, 4) is 0 Å². The Balaban J connectivity index is 1.95. The quantitative estimate of drug-likeness (QED) is 0.655. The molecule has 0 aliphatic rings. The second kappa shape index (κ2) is 6.62. The lowest BCUT2D eigenvalue weighted by molar-refractivity contribution is 0.228. The third-order valence-corrected chi connectivity index (χ3v) is 2.24. The molecule has 1 unspecified atom stereocenters. The maximum atomic E-state index is 8.81. The van der Waals surface area contributed by atoms with E-state index in [9.17, 15) is 0 Å². The van der Waals surface area contributed by atoms with Gasteiger partial charge in [-0.2, -0.15) is 0 Å². The molecule has 0 aromatic carbocycles. The smallest absolute Gasteiger partial charge is 0.117 e. The number of furan rings is 1. The van der Waals surface area contributed by atoms with Gasteiger partial charge in [0.25, 0.3) is 0 Å². The van der Waals surface area contributed by atoms with Gasteiger partial charge in [-0.15, -0.1) is 0 Å². The molecule has 1 heterocycles. The Bertz CT molecular complexity index is 221. The van der Waals surface area contributed by atoms with Crippen LogP contribution in [0.4, 0.5) is 0 Å².